The van der Waals surface area contributed by atoms with E-state index < -0.39 is 0 Å². The van der Waals surface area contributed by atoms with Gasteiger partial charge >= 0.3 is 0 Å². The molecule has 4 rings (SSSR count). The lowest BCUT2D eigenvalue weighted by Gasteiger charge is -2.59. The zero-order valence-corrected chi connectivity index (χ0v) is 14.1. The predicted octanol–water partition coefficient (Wildman–Crippen LogP) is 2.96. The summed E-state index contributed by atoms with van der Waals surface area (Å²) in [5, 5.41) is 11.7. The molecular formula is C20H24N2O2. The van der Waals surface area contributed by atoms with E-state index in [0.717, 1.165) is 13.1 Å². The maximum absolute atomic E-state index is 12.3. The van der Waals surface area contributed by atoms with E-state index in [9.17, 15) is 9.90 Å². The van der Waals surface area contributed by atoms with E-state index in [2.05, 4.69) is 23.2 Å². The van der Waals surface area contributed by atoms with Crippen LogP contribution in [0.3, 0.4) is 0 Å². The van der Waals surface area contributed by atoms with Gasteiger partial charge in [0, 0.05) is 36.3 Å². The van der Waals surface area contributed by atoms with Gasteiger partial charge in [0.1, 0.15) is 0 Å². The van der Waals surface area contributed by atoms with Crippen molar-refractivity contribution in [2.24, 2.45) is 11.3 Å². The number of likely N-dealkylation sites (tertiary alicyclic amines) is 1. The zero-order valence-electron chi connectivity index (χ0n) is 14.1. The van der Waals surface area contributed by atoms with Crippen molar-refractivity contribution in [3.05, 3.63) is 42.2 Å². The van der Waals surface area contributed by atoms with E-state index in [1.807, 2.05) is 30.3 Å². The molecule has 1 N–H and O–H groups in total. The van der Waals surface area contributed by atoms with Crippen LogP contribution in [-0.4, -0.2) is 40.6 Å². The van der Waals surface area contributed by atoms with Crippen molar-refractivity contribution in [2.75, 3.05) is 19.7 Å². The molecule has 1 aliphatic carbocycles. The Labute approximate surface area is 142 Å². The Bertz CT molecular complexity index is 755. The van der Waals surface area contributed by atoms with E-state index in [-0.39, 0.29) is 18.4 Å². The second-order valence-electron chi connectivity index (χ2n) is 7.57. The first kappa shape index (κ1) is 15.6. The fourth-order valence-corrected chi connectivity index (χ4v) is 4.40. The van der Waals surface area contributed by atoms with Gasteiger partial charge in [-0.3, -0.25) is 9.78 Å². The minimum atomic E-state index is -0.216. The van der Waals surface area contributed by atoms with Crippen LogP contribution in [0.1, 0.15) is 37.7 Å². The lowest BCUT2D eigenvalue weighted by atomic mass is 9.56. The van der Waals surface area contributed by atoms with Crippen molar-refractivity contribution >= 4 is 16.7 Å². The molecule has 2 fully saturated rings. The van der Waals surface area contributed by atoms with Gasteiger partial charge in [0.05, 0.1) is 12.5 Å². The first-order valence-corrected chi connectivity index (χ1v) is 8.87. The quantitative estimate of drug-likeness (QED) is 0.941. The van der Waals surface area contributed by atoms with E-state index in [1.165, 1.54) is 29.2 Å². The number of fused-ring (bicyclic) bond motifs is 1. The number of hydrogen-bond acceptors (Lipinski definition) is 3. The number of carbonyl (C=O) groups excluding carboxylic acids is 1. The molecular weight excluding hydrogens is 300 g/mol. The molecule has 1 amide bonds. The topological polar surface area (TPSA) is 53.4 Å². The van der Waals surface area contributed by atoms with Crippen molar-refractivity contribution in [1.29, 1.82) is 0 Å². The van der Waals surface area contributed by atoms with Crippen LogP contribution in [0.4, 0.5) is 0 Å². The van der Waals surface area contributed by atoms with E-state index >= 15 is 0 Å². The summed E-state index contributed by atoms with van der Waals surface area (Å²) < 4.78 is 0. The lowest BCUT2D eigenvalue weighted by molar-refractivity contribution is -0.157. The van der Waals surface area contributed by atoms with Crippen molar-refractivity contribution in [3.8, 4) is 0 Å². The Kier molecular flexibility index (Phi) is 3.80. The standard InChI is InChI=1S/C20H24N2O2/c1-2-14(11-23)19(24)22-12-20(13-22)8-18(9-20)16-4-3-15-5-6-21-10-17(15)7-16/h3-7,10,14,18,23H,2,8-9,11-13H2,1H3/t14-/m1/s1. The molecule has 1 saturated heterocycles. The van der Waals surface area contributed by atoms with Crippen molar-refractivity contribution < 1.29 is 9.90 Å². The Morgan fingerprint density at radius 1 is 1.33 bits per heavy atom. The largest absolute Gasteiger partial charge is 0.396 e. The third kappa shape index (κ3) is 2.49. The minimum Gasteiger partial charge on any atom is -0.396 e. The zero-order chi connectivity index (χ0) is 16.7. The maximum Gasteiger partial charge on any atom is 0.228 e. The molecule has 1 saturated carbocycles. The number of rotatable bonds is 4. The van der Waals surface area contributed by atoms with Crippen molar-refractivity contribution in [2.45, 2.75) is 32.1 Å². The molecule has 1 spiro atoms. The highest BCUT2D eigenvalue weighted by Gasteiger charge is 2.54. The van der Waals surface area contributed by atoms with Crippen LogP contribution in [0.25, 0.3) is 10.8 Å². The molecule has 2 aromatic rings. The number of aromatic nitrogens is 1. The Hall–Kier alpha value is -1.94. The number of aliphatic hydroxyl groups excluding tert-OH is 1. The van der Waals surface area contributed by atoms with Gasteiger partial charge in [-0.05, 0) is 48.3 Å². The van der Waals surface area contributed by atoms with Crippen LogP contribution in [0.5, 0.6) is 0 Å². The van der Waals surface area contributed by atoms with Crippen LogP contribution < -0.4 is 0 Å². The number of pyridine rings is 1. The van der Waals surface area contributed by atoms with Crippen LogP contribution in [-0.2, 0) is 4.79 Å². The Balaban J connectivity index is 1.37. The third-order valence-electron chi connectivity index (χ3n) is 5.92. The molecule has 4 heteroatoms. The predicted molar refractivity (Wildman–Crippen MR) is 93.6 cm³/mol. The monoisotopic (exact) mass is 324 g/mol. The van der Waals surface area contributed by atoms with Crippen LogP contribution in [0.15, 0.2) is 36.7 Å². The lowest BCUT2D eigenvalue weighted by Crippen LogP contribution is -2.64. The highest BCUT2D eigenvalue weighted by Crippen LogP contribution is 2.56. The summed E-state index contributed by atoms with van der Waals surface area (Å²) in [7, 11) is 0. The number of aliphatic hydroxyl groups is 1. The van der Waals surface area contributed by atoms with Gasteiger partial charge in [-0.15, -0.1) is 0 Å². The molecule has 0 radical (unpaired) electrons. The second kappa shape index (κ2) is 5.85. The summed E-state index contributed by atoms with van der Waals surface area (Å²) in [6, 6.07) is 8.73. The average molecular weight is 324 g/mol. The molecule has 4 nitrogen and oxygen atoms in total. The van der Waals surface area contributed by atoms with E-state index in [0.29, 0.717) is 17.8 Å². The summed E-state index contributed by atoms with van der Waals surface area (Å²) in [5.74, 6) is 0.517. The summed E-state index contributed by atoms with van der Waals surface area (Å²) in [6.45, 7) is 3.66. The number of carbonyl (C=O) groups is 1. The number of benzene rings is 1. The maximum atomic E-state index is 12.3. The van der Waals surface area contributed by atoms with Gasteiger partial charge in [0.15, 0.2) is 0 Å². The van der Waals surface area contributed by atoms with Gasteiger partial charge in [0.25, 0.3) is 0 Å². The molecule has 1 aromatic carbocycles. The van der Waals surface area contributed by atoms with Crippen LogP contribution >= 0.6 is 0 Å². The van der Waals surface area contributed by atoms with Gasteiger partial charge < -0.3 is 10.0 Å². The first-order chi connectivity index (χ1) is 11.6. The van der Waals surface area contributed by atoms with Gasteiger partial charge in [-0.2, -0.15) is 0 Å². The number of nitrogens with zero attached hydrogens (tertiary/aromatic N) is 2. The van der Waals surface area contributed by atoms with Crippen LogP contribution in [0, 0.1) is 11.3 Å². The molecule has 24 heavy (non-hydrogen) atoms. The smallest absolute Gasteiger partial charge is 0.228 e. The first-order valence-electron chi connectivity index (χ1n) is 8.87. The van der Waals surface area contributed by atoms with Gasteiger partial charge in [-0.25, -0.2) is 0 Å². The molecule has 126 valence electrons. The molecule has 2 heterocycles. The molecule has 1 atom stereocenters. The van der Waals surface area contributed by atoms with E-state index in [1.54, 1.807) is 0 Å². The SMILES string of the molecule is CC[C@H](CO)C(=O)N1CC2(CC(c3ccc4ccncc4c3)C2)C1. The average Bonchev–Trinajstić information content (AvgIpc) is 2.53. The minimum absolute atomic E-state index is 0.0351. The van der Waals surface area contributed by atoms with Gasteiger partial charge in [-0.1, -0.05) is 19.1 Å². The van der Waals surface area contributed by atoms with Crippen molar-refractivity contribution in [3.63, 3.8) is 0 Å². The third-order valence-corrected chi connectivity index (χ3v) is 5.92. The summed E-state index contributed by atoms with van der Waals surface area (Å²) >= 11 is 0. The highest BCUT2D eigenvalue weighted by atomic mass is 16.3. The normalized spacial score (nSPS) is 20.7. The second-order valence-corrected chi connectivity index (χ2v) is 7.57. The highest BCUT2D eigenvalue weighted by molar-refractivity contribution is 5.82. The summed E-state index contributed by atoms with van der Waals surface area (Å²) in [6.07, 6.45) is 6.80. The summed E-state index contributed by atoms with van der Waals surface area (Å²) in [5.41, 5.74) is 1.73. The Morgan fingerprint density at radius 2 is 2.12 bits per heavy atom. The number of hydrogen-bond donors (Lipinski definition) is 1. The fourth-order valence-electron chi connectivity index (χ4n) is 4.40. The van der Waals surface area contributed by atoms with Crippen molar-refractivity contribution in [1.82, 2.24) is 9.88 Å². The Morgan fingerprint density at radius 3 is 2.83 bits per heavy atom. The fraction of sp³-hybridized carbons (Fsp3) is 0.500. The molecule has 0 unspecified atom stereocenters. The molecule has 2 aliphatic rings. The molecule has 1 aromatic heterocycles. The van der Waals surface area contributed by atoms with E-state index in [4.69, 9.17) is 0 Å². The number of amides is 1. The molecule has 0 bridgehead atoms. The molecule has 1 aliphatic heterocycles. The summed E-state index contributed by atoms with van der Waals surface area (Å²) in [4.78, 5) is 18.4. The van der Waals surface area contributed by atoms with Gasteiger partial charge in [0.2, 0.25) is 5.91 Å². The van der Waals surface area contributed by atoms with Crippen LogP contribution in [0.2, 0.25) is 0 Å².